The molecular weight excluding hydrogens is 386 g/mol. The molecule has 6 heteroatoms. The van der Waals surface area contributed by atoms with E-state index in [1.165, 1.54) is 0 Å². The molecule has 0 aliphatic rings. The Balaban J connectivity index is 1.76. The molecule has 29 heavy (non-hydrogen) atoms. The highest BCUT2D eigenvalue weighted by Gasteiger charge is 2.15. The summed E-state index contributed by atoms with van der Waals surface area (Å²) in [6.07, 6.45) is 0. The first-order valence-electron chi connectivity index (χ1n) is 9.07. The Morgan fingerprint density at radius 3 is 2.28 bits per heavy atom. The first-order chi connectivity index (χ1) is 13.8. The first kappa shape index (κ1) is 19.0. The fraction of sp³-hybridized carbons (Fsp3) is 0.0870. The molecule has 4 rings (SSSR count). The molecule has 0 saturated heterocycles. The minimum Gasteiger partial charge on any atom is -0.422 e. The largest absolute Gasteiger partial charge is 0.422 e. The number of hydrogen-bond acceptors (Lipinski definition) is 4. The number of hydrogen-bond donors (Lipinski definition) is 1. The van der Waals surface area contributed by atoms with Crippen LogP contribution in [0.25, 0.3) is 22.1 Å². The topological polar surface area (TPSA) is 76.4 Å². The maximum absolute atomic E-state index is 12.7. The highest BCUT2D eigenvalue weighted by molar-refractivity contribution is 7.92. The van der Waals surface area contributed by atoms with Crippen LogP contribution in [0.3, 0.4) is 0 Å². The third kappa shape index (κ3) is 3.79. The lowest BCUT2D eigenvalue weighted by Crippen LogP contribution is -2.13. The Bertz CT molecular complexity index is 1370. The average molecular weight is 405 g/mol. The van der Waals surface area contributed by atoms with Crippen LogP contribution in [-0.4, -0.2) is 8.42 Å². The number of anilines is 1. The Labute approximate surface area is 168 Å². The van der Waals surface area contributed by atoms with Gasteiger partial charge in [-0.25, -0.2) is 13.2 Å². The number of nitrogens with one attached hydrogen (secondary N) is 1. The second kappa shape index (κ2) is 7.22. The number of rotatable bonds is 4. The van der Waals surface area contributed by atoms with Gasteiger partial charge in [-0.3, -0.25) is 4.72 Å². The van der Waals surface area contributed by atoms with E-state index in [-0.39, 0.29) is 4.90 Å². The van der Waals surface area contributed by atoms with Crippen LogP contribution in [0.1, 0.15) is 11.1 Å². The van der Waals surface area contributed by atoms with Crippen LogP contribution in [-0.2, 0) is 10.0 Å². The van der Waals surface area contributed by atoms with Gasteiger partial charge in [0, 0.05) is 11.1 Å². The number of sulfonamides is 1. The van der Waals surface area contributed by atoms with E-state index in [0.29, 0.717) is 22.2 Å². The first-order valence-corrected chi connectivity index (χ1v) is 10.6. The van der Waals surface area contributed by atoms with Gasteiger partial charge < -0.3 is 4.42 Å². The van der Waals surface area contributed by atoms with Crippen molar-refractivity contribution in [3.05, 3.63) is 94.3 Å². The van der Waals surface area contributed by atoms with Gasteiger partial charge in [0.05, 0.1) is 10.5 Å². The van der Waals surface area contributed by atoms with Crippen LogP contribution in [0.2, 0.25) is 0 Å². The summed E-state index contributed by atoms with van der Waals surface area (Å²) in [5.74, 6) is 0. The molecular formula is C23H19NO4S. The average Bonchev–Trinajstić information content (AvgIpc) is 2.68. The normalized spacial score (nSPS) is 11.5. The van der Waals surface area contributed by atoms with Crippen LogP contribution >= 0.6 is 0 Å². The van der Waals surface area contributed by atoms with Crippen molar-refractivity contribution in [3.8, 4) is 11.1 Å². The molecule has 0 bridgehead atoms. The minimum absolute atomic E-state index is 0.184. The summed E-state index contributed by atoms with van der Waals surface area (Å²) in [4.78, 5) is 12.6. The molecule has 0 aliphatic carbocycles. The standard InChI is InChI=1S/C23H19NO4S/c1-15-7-10-19(11-8-15)29(26,27)24-18-9-12-22-17(13-18)14-21(23(25)28-22)20-6-4-3-5-16(20)2/h3-14,24H,1-2H3. The zero-order chi connectivity index (χ0) is 20.6. The Hall–Kier alpha value is -3.38. The fourth-order valence-corrected chi connectivity index (χ4v) is 4.23. The molecule has 0 spiro atoms. The lowest BCUT2D eigenvalue weighted by atomic mass is 10.0. The molecule has 0 aliphatic heterocycles. The zero-order valence-electron chi connectivity index (χ0n) is 16.0. The molecule has 1 N–H and O–H groups in total. The van der Waals surface area contributed by atoms with Gasteiger partial charge in [0.15, 0.2) is 0 Å². The summed E-state index contributed by atoms with van der Waals surface area (Å²) >= 11 is 0. The quantitative estimate of drug-likeness (QED) is 0.491. The summed E-state index contributed by atoms with van der Waals surface area (Å²) in [6.45, 7) is 3.82. The van der Waals surface area contributed by atoms with Crippen molar-refractivity contribution in [2.75, 3.05) is 4.72 Å². The van der Waals surface area contributed by atoms with E-state index in [1.54, 1.807) is 48.5 Å². The van der Waals surface area contributed by atoms with Crippen molar-refractivity contribution in [1.82, 2.24) is 0 Å². The Morgan fingerprint density at radius 1 is 0.828 bits per heavy atom. The number of benzene rings is 3. The lowest BCUT2D eigenvalue weighted by molar-refractivity contribution is 0.563. The van der Waals surface area contributed by atoms with Crippen molar-refractivity contribution in [2.45, 2.75) is 18.7 Å². The predicted octanol–water partition coefficient (Wildman–Crippen LogP) is 4.88. The van der Waals surface area contributed by atoms with E-state index in [1.807, 2.05) is 38.1 Å². The molecule has 5 nitrogen and oxygen atoms in total. The predicted molar refractivity (Wildman–Crippen MR) is 115 cm³/mol. The van der Waals surface area contributed by atoms with Crippen LogP contribution in [0.5, 0.6) is 0 Å². The molecule has 0 amide bonds. The minimum atomic E-state index is -3.72. The molecule has 1 heterocycles. The van der Waals surface area contributed by atoms with E-state index in [0.717, 1.165) is 16.7 Å². The second-order valence-corrected chi connectivity index (χ2v) is 8.62. The summed E-state index contributed by atoms with van der Waals surface area (Å²) in [5, 5.41) is 0.631. The van der Waals surface area contributed by atoms with Gasteiger partial charge in [-0.1, -0.05) is 42.0 Å². The highest BCUT2D eigenvalue weighted by Crippen LogP contribution is 2.26. The molecule has 0 radical (unpaired) electrons. The van der Waals surface area contributed by atoms with Crippen molar-refractivity contribution in [3.63, 3.8) is 0 Å². The van der Waals surface area contributed by atoms with E-state index < -0.39 is 15.6 Å². The smallest absolute Gasteiger partial charge is 0.344 e. The molecule has 0 unspecified atom stereocenters. The Kier molecular flexibility index (Phi) is 4.72. The highest BCUT2D eigenvalue weighted by atomic mass is 32.2. The molecule has 0 atom stereocenters. The summed E-state index contributed by atoms with van der Waals surface area (Å²) in [7, 11) is -3.72. The van der Waals surface area contributed by atoms with Crippen molar-refractivity contribution in [1.29, 1.82) is 0 Å². The summed E-state index contributed by atoms with van der Waals surface area (Å²) < 4.78 is 33.3. The van der Waals surface area contributed by atoms with Gasteiger partial charge in [0.1, 0.15) is 5.58 Å². The van der Waals surface area contributed by atoms with Gasteiger partial charge in [0.2, 0.25) is 0 Å². The third-order valence-electron chi connectivity index (χ3n) is 4.75. The molecule has 0 saturated carbocycles. The van der Waals surface area contributed by atoms with E-state index in [9.17, 15) is 13.2 Å². The maximum Gasteiger partial charge on any atom is 0.344 e. The molecule has 0 fully saturated rings. The zero-order valence-corrected chi connectivity index (χ0v) is 16.8. The summed E-state index contributed by atoms with van der Waals surface area (Å²) in [5.41, 5.74) is 3.51. The molecule has 146 valence electrons. The number of fused-ring (bicyclic) bond motifs is 1. The van der Waals surface area contributed by atoms with E-state index >= 15 is 0 Å². The van der Waals surface area contributed by atoms with Gasteiger partial charge in [-0.2, -0.15) is 0 Å². The van der Waals surface area contributed by atoms with Gasteiger partial charge in [-0.05, 0) is 61.4 Å². The SMILES string of the molecule is Cc1ccc(S(=O)(=O)Nc2ccc3oc(=O)c(-c4ccccc4C)cc3c2)cc1. The Morgan fingerprint density at radius 2 is 1.55 bits per heavy atom. The van der Waals surface area contributed by atoms with Gasteiger partial charge >= 0.3 is 5.63 Å². The third-order valence-corrected chi connectivity index (χ3v) is 6.15. The van der Waals surface area contributed by atoms with Crippen molar-refractivity contribution < 1.29 is 12.8 Å². The summed E-state index contributed by atoms with van der Waals surface area (Å²) in [6, 6.07) is 20.7. The molecule has 4 aromatic rings. The van der Waals surface area contributed by atoms with Crippen LogP contribution in [0, 0.1) is 13.8 Å². The molecule has 1 aromatic heterocycles. The van der Waals surface area contributed by atoms with Gasteiger partial charge in [-0.15, -0.1) is 0 Å². The lowest BCUT2D eigenvalue weighted by Gasteiger charge is -2.10. The van der Waals surface area contributed by atoms with Crippen molar-refractivity contribution in [2.24, 2.45) is 0 Å². The number of aryl methyl sites for hydroxylation is 2. The second-order valence-electron chi connectivity index (χ2n) is 6.93. The fourth-order valence-electron chi connectivity index (χ4n) is 3.18. The molecule has 3 aromatic carbocycles. The van der Waals surface area contributed by atoms with Gasteiger partial charge in [0.25, 0.3) is 10.0 Å². The van der Waals surface area contributed by atoms with Crippen molar-refractivity contribution >= 4 is 26.7 Å². The van der Waals surface area contributed by atoms with E-state index in [4.69, 9.17) is 4.42 Å². The monoisotopic (exact) mass is 405 g/mol. The van der Waals surface area contributed by atoms with E-state index in [2.05, 4.69) is 4.72 Å². The van der Waals surface area contributed by atoms with Crippen LogP contribution in [0.4, 0.5) is 5.69 Å². The van der Waals surface area contributed by atoms with Crippen LogP contribution in [0.15, 0.2) is 86.9 Å². The maximum atomic E-state index is 12.7. The van der Waals surface area contributed by atoms with Crippen LogP contribution < -0.4 is 10.3 Å².